The lowest BCUT2D eigenvalue weighted by Crippen LogP contribution is -2.46. The van der Waals surface area contributed by atoms with Crippen molar-refractivity contribution in [3.8, 4) is 0 Å². The quantitative estimate of drug-likeness (QED) is 0.832. The van der Waals surface area contributed by atoms with Crippen LogP contribution in [0.3, 0.4) is 0 Å². The zero-order valence-electron chi connectivity index (χ0n) is 11.7. The van der Waals surface area contributed by atoms with Crippen molar-refractivity contribution < 1.29 is 19.5 Å². The Morgan fingerprint density at radius 1 is 1.25 bits per heavy atom. The molecular weight excluding hydrogens is 280 g/mol. The van der Waals surface area contributed by atoms with E-state index in [0.717, 1.165) is 11.3 Å². The molecule has 0 saturated carbocycles. The van der Waals surface area contributed by atoms with Crippen molar-refractivity contribution >= 4 is 29.1 Å². The van der Waals surface area contributed by atoms with Crippen LogP contribution < -0.4 is 5.32 Å². The monoisotopic (exact) mass is 298 g/mol. The molecule has 1 rings (SSSR count). The third-order valence-electron chi connectivity index (χ3n) is 2.83. The second kappa shape index (κ2) is 7.04. The van der Waals surface area contributed by atoms with Crippen molar-refractivity contribution in [3.63, 3.8) is 0 Å². The fourth-order valence-electron chi connectivity index (χ4n) is 1.71. The van der Waals surface area contributed by atoms with Gasteiger partial charge in [0.1, 0.15) is 10.9 Å². The van der Waals surface area contributed by atoms with E-state index in [0.29, 0.717) is 13.1 Å². The summed E-state index contributed by atoms with van der Waals surface area (Å²) in [4.78, 5) is 36.7. The lowest BCUT2D eigenvalue weighted by molar-refractivity contribution is -0.132. The van der Waals surface area contributed by atoms with Gasteiger partial charge in [-0.3, -0.25) is 9.59 Å². The van der Waals surface area contributed by atoms with E-state index in [9.17, 15) is 14.4 Å². The first-order chi connectivity index (χ1) is 9.40. The summed E-state index contributed by atoms with van der Waals surface area (Å²) < 4.78 is 0. The van der Waals surface area contributed by atoms with E-state index in [1.165, 1.54) is 12.1 Å². The van der Waals surface area contributed by atoms with Crippen LogP contribution >= 0.6 is 11.3 Å². The highest BCUT2D eigenvalue weighted by atomic mass is 32.1. The van der Waals surface area contributed by atoms with Gasteiger partial charge in [0.15, 0.2) is 0 Å². The molecule has 1 aromatic rings. The number of hydrogen-bond acceptors (Lipinski definition) is 4. The number of nitrogens with one attached hydrogen (secondary N) is 1. The molecule has 2 amide bonds. The largest absolute Gasteiger partial charge is 0.477 e. The second-order valence-electron chi connectivity index (χ2n) is 4.17. The minimum Gasteiger partial charge on any atom is -0.477 e. The Hall–Kier alpha value is -1.89. The molecule has 0 spiro atoms. The van der Waals surface area contributed by atoms with Crippen molar-refractivity contribution in [2.24, 2.45) is 0 Å². The van der Waals surface area contributed by atoms with Gasteiger partial charge < -0.3 is 15.3 Å². The number of carboxylic acid groups (broad SMARTS) is 1. The molecule has 2 N–H and O–H groups in total. The summed E-state index contributed by atoms with van der Waals surface area (Å²) >= 11 is 0.886. The number of hydrogen-bond donors (Lipinski definition) is 2. The lowest BCUT2D eigenvalue weighted by Gasteiger charge is -2.23. The number of thiophene rings is 1. The van der Waals surface area contributed by atoms with E-state index in [1.807, 2.05) is 13.8 Å². The molecule has 0 aromatic carbocycles. The summed E-state index contributed by atoms with van der Waals surface area (Å²) in [5.41, 5.74) is 0. The normalized spacial score (nSPS) is 11.8. The first-order valence-electron chi connectivity index (χ1n) is 6.33. The summed E-state index contributed by atoms with van der Waals surface area (Å²) in [6.45, 7) is 6.52. The Kier molecular flexibility index (Phi) is 5.69. The lowest BCUT2D eigenvalue weighted by atomic mass is 10.2. The molecule has 20 heavy (non-hydrogen) atoms. The van der Waals surface area contributed by atoms with Gasteiger partial charge in [0.2, 0.25) is 5.91 Å². The molecule has 0 aliphatic heterocycles. The van der Waals surface area contributed by atoms with Crippen LogP contribution in [0.4, 0.5) is 0 Å². The third kappa shape index (κ3) is 3.80. The van der Waals surface area contributed by atoms with E-state index in [2.05, 4.69) is 5.32 Å². The van der Waals surface area contributed by atoms with Crippen molar-refractivity contribution in [2.75, 3.05) is 13.1 Å². The van der Waals surface area contributed by atoms with Crippen LogP contribution in [0.5, 0.6) is 0 Å². The molecule has 0 fully saturated rings. The number of carbonyl (C=O) groups excluding carboxylic acids is 2. The molecule has 0 radical (unpaired) electrons. The molecular formula is C13H18N2O4S. The number of nitrogens with zero attached hydrogens (tertiary/aromatic N) is 1. The van der Waals surface area contributed by atoms with Crippen LogP contribution in [0.15, 0.2) is 12.1 Å². The number of carboxylic acids is 1. The molecule has 0 aliphatic rings. The maximum Gasteiger partial charge on any atom is 0.345 e. The molecule has 0 aliphatic carbocycles. The summed E-state index contributed by atoms with van der Waals surface area (Å²) in [7, 11) is 0. The van der Waals surface area contributed by atoms with Gasteiger partial charge in [-0.05, 0) is 32.9 Å². The van der Waals surface area contributed by atoms with Crippen LogP contribution in [0.2, 0.25) is 0 Å². The van der Waals surface area contributed by atoms with Crippen LogP contribution in [0.1, 0.15) is 40.1 Å². The molecule has 1 unspecified atom stereocenters. The first kappa shape index (κ1) is 16.2. The van der Waals surface area contributed by atoms with Gasteiger partial charge in [0, 0.05) is 13.1 Å². The topological polar surface area (TPSA) is 86.7 Å². The SMILES string of the molecule is CCN(CC)C(=O)C(C)NC(=O)c1ccc(C(=O)O)s1. The summed E-state index contributed by atoms with van der Waals surface area (Å²) in [6.07, 6.45) is 0. The standard InChI is InChI=1S/C13H18N2O4S/c1-4-15(5-2)12(17)8(3)14-11(16)9-6-7-10(20-9)13(18)19/h6-8H,4-5H2,1-3H3,(H,14,16)(H,18,19). The molecule has 6 nitrogen and oxygen atoms in total. The Labute approximate surface area is 121 Å². The average molecular weight is 298 g/mol. The van der Waals surface area contributed by atoms with Gasteiger partial charge >= 0.3 is 5.97 Å². The zero-order valence-corrected chi connectivity index (χ0v) is 12.5. The second-order valence-corrected chi connectivity index (χ2v) is 5.26. The van der Waals surface area contributed by atoms with Crippen molar-refractivity contribution in [1.29, 1.82) is 0 Å². The summed E-state index contributed by atoms with van der Waals surface area (Å²) in [5, 5.41) is 11.4. The molecule has 1 aromatic heterocycles. The highest BCUT2D eigenvalue weighted by molar-refractivity contribution is 7.15. The van der Waals surface area contributed by atoms with Gasteiger partial charge in [0.05, 0.1) is 4.88 Å². The number of rotatable bonds is 6. The molecule has 1 atom stereocenters. The van der Waals surface area contributed by atoms with E-state index in [-0.39, 0.29) is 15.7 Å². The number of likely N-dealkylation sites (N-methyl/N-ethyl adjacent to an activating group) is 1. The van der Waals surface area contributed by atoms with Crippen LogP contribution in [0.25, 0.3) is 0 Å². The van der Waals surface area contributed by atoms with Gasteiger partial charge in [0.25, 0.3) is 5.91 Å². The average Bonchev–Trinajstić information content (AvgIpc) is 2.89. The fraction of sp³-hybridized carbons (Fsp3) is 0.462. The molecule has 0 saturated heterocycles. The van der Waals surface area contributed by atoms with Gasteiger partial charge in [-0.2, -0.15) is 0 Å². The van der Waals surface area contributed by atoms with Gasteiger partial charge in [-0.15, -0.1) is 11.3 Å². The number of aromatic carboxylic acids is 1. The van der Waals surface area contributed by atoms with E-state index < -0.39 is 17.9 Å². The van der Waals surface area contributed by atoms with Crippen molar-refractivity contribution in [2.45, 2.75) is 26.8 Å². The van der Waals surface area contributed by atoms with E-state index in [4.69, 9.17) is 5.11 Å². The predicted octanol–water partition coefficient (Wildman–Crippen LogP) is 1.43. The maximum absolute atomic E-state index is 12.0. The van der Waals surface area contributed by atoms with E-state index in [1.54, 1.807) is 11.8 Å². The Morgan fingerprint density at radius 3 is 2.25 bits per heavy atom. The minimum absolute atomic E-state index is 0.0953. The molecule has 1 heterocycles. The summed E-state index contributed by atoms with van der Waals surface area (Å²) in [5.74, 6) is -1.66. The maximum atomic E-state index is 12.0. The van der Waals surface area contributed by atoms with Crippen LogP contribution in [0, 0.1) is 0 Å². The Morgan fingerprint density at radius 2 is 1.80 bits per heavy atom. The number of amides is 2. The molecule has 0 bridgehead atoms. The Bertz CT molecular complexity index is 508. The minimum atomic E-state index is -1.07. The predicted molar refractivity (Wildman–Crippen MR) is 76.1 cm³/mol. The van der Waals surface area contributed by atoms with Gasteiger partial charge in [-0.25, -0.2) is 4.79 Å². The first-order valence-corrected chi connectivity index (χ1v) is 7.15. The highest BCUT2D eigenvalue weighted by Crippen LogP contribution is 2.16. The smallest absolute Gasteiger partial charge is 0.345 e. The molecule has 110 valence electrons. The summed E-state index contributed by atoms with van der Waals surface area (Å²) in [6, 6.07) is 2.18. The van der Waals surface area contributed by atoms with Crippen molar-refractivity contribution in [1.82, 2.24) is 10.2 Å². The number of carbonyl (C=O) groups is 3. The van der Waals surface area contributed by atoms with Crippen LogP contribution in [-0.2, 0) is 4.79 Å². The van der Waals surface area contributed by atoms with Crippen molar-refractivity contribution in [3.05, 3.63) is 21.9 Å². The zero-order chi connectivity index (χ0) is 15.3. The molecule has 7 heteroatoms. The fourth-order valence-corrected chi connectivity index (χ4v) is 2.46. The third-order valence-corrected chi connectivity index (χ3v) is 3.91. The Balaban J connectivity index is 2.69. The highest BCUT2D eigenvalue weighted by Gasteiger charge is 2.21. The van der Waals surface area contributed by atoms with Crippen LogP contribution in [-0.4, -0.2) is 46.9 Å². The van der Waals surface area contributed by atoms with Gasteiger partial charge in [-0.1, -0.05) is 0 Å². The van der Waals surface area contributed by atoms with E-state index >= 15 is 0 Å².